The largest absolute Gasteiger partial charge is 0.135 e. The zero-order chi connectivity index (χ0) is 24.3. The number of allylic oxidation sites excluding steroid dienone is 1. The summed E-state index contributed by atoms with van der Waals surface area (Å²) in [6, 6.07) is 40.7. The van der Waals surface area contributed by atoms with Crippen molar-refractivity contribution in [2.45, 2.75) is 12.8 Å². The molecule has 0 atom stereocenters. The first-order valence-electron chi connectivity index (χ1n) is 13.0. The molecule has 1 heteroatoms. The third-order valence-electron chi connectivity index (χ3n) is 7.91. The molecule has 8 rings (SSSR count). The second kappa shape index (κ2) is 8.16. The van der Waals surface area contributed by atoms with E-state index in [0.717, 1.165) is 12.8 Å². The average Bonchev–Trinajstić information content (AvgIpc) is 3.33. The summed E-state index contributed by atoms with van der Waals surface area (Å²) in [5.74, 6) is 0. The first-order valence-corrected chi connectivity index (χ1v) is 13.8. The summed E-state index contributed by atoms with van der Waals surface area (Å²) in [6.07, 6.45) is 6.86. The Morgan fingerprint density at radius 1 is 0.486 bits per heavy atom. The van der Waals surface area contributed by atoms with Gasteiger partial charge in [-0.25, -0.2) is 0 Å². The Morgan fingerprint density at radius 2 is 1.05 bits per heavy atom. The molecule has 0 aliphatic heterocycles. The molecular formula is C36H24S. The van der Waals surface area contributed by atoms with Gasteiger partial charge in [-0.15, -0.1) is 11.3 Å². The van der Waals surface area contributed by atoms with Crippen LogP contribution in [0.4, 0.5) is 0 Å². The fourth-order valence-corrected chi connectivity index (χ4v) is 7.36. The molecular weight excluding hydrogens is 464 g/mol. The van der Waals surface area contributed by atoms with E-state index in [-0.39, 0.29) is 0 Å². The Kier molecular flexibility index (Phi) is 4.62. The second-order valence-corrected chi connectivity index (χ2v) is 11.1. The molecule has 174 valence electrons. The summed E-state index contributed by atoms with van der Waals surface area (Å²) < 4.78 is 2.69. The Morgan fingerprint density at radius 3 is 1.76 bits per heavy atom. The number of thiophene rings is 1. The predicted octanol–water partition coefficient (Wildman–Crippen LogP) is 10.7. The highest BCUT2D eigenvalue weighted by molar-refractivity contribution is 7.25. The minimum absolute atomic E-state index is 1.13. The number of benzene rings is 6. The summed E-state index contributed by atoms with van der Waals surface area (Å²) >= 11 is 1.89. The lowest BCUT2D eigenvalue weighted by Gasteiger charge is -2.19. The monoisotopic (exact) mass is 488 g/mol. The minimum Gasteiger partial charge on any atom is -0.135 e. The number of aryl methyl sites for hydroxylation is 1. The van der Waals surface area contributed by atoms with Crippen LogP contribution in [-0.2, 0) is 6.42 Å². The van der Waals surface area contributed by atoms with Gasteiger partial charge in [-0.05, 0) is 86.0 Å². The van der Waals surface area contributed by atoms with Crippen LogP contribution in [0.1, 0.15) is 17.5 Å². The Labute approximate surface area is 220 Å². The van der Waals surface area contributed by atoms with Crippen LogP contribution in [0.25, 0.3) is 70.0 Å². The van der Waals surface area contributed by atoms with Crippen LogP contribution in [0.3, 0.4) is 0 Å². The van der Waals surface area contributed by atoms with E-state index in [9.17, 15) is 0 Å². The molecule has 6 aromatic carbocycles. The van der Waals surface area contributed by atoms with E-state index < -0.39 is 0 Å². The molecule has 1 aromatic heterocycles. The molecule has 0 bridgehead atoms. The quantitative estimate of drug-likeness (QED) is 0.212. The lowest BCUT2D eigenvalue weighted by atomic mass is 9.84. The van der Waals surface area contributed by atoms with E-state index in [0.29, 0.717) is 0 Å². The summed E-state index contributed by atoms with van der Waals surface area (Å²) in [5, 5.41) is 7.94. The molecule has 0 saturated carbocycles. The first kappa shape index (κ1) is 20.9. The minimum atomic E-state index is 1.13. The lowest BCUT2D eigenvalue weighted by Crippen LogP contribution is -1.95. The van der Waals surface area contributed by atoms with Crippen LogP contribution in [0, 0.1) is 0 Å². The zero-order valence-electron chi connectivity index (χ0n) is 20.4. The van der Waals surface area contributed by atoms with Crippen molar-refractivity contribution in [3.05, 3.63) is 126 Å². The number of hydrogen-bond acceptors (Lipinski definition) is 1. The molecule has 0 unspecified atom stereocenters. The Balaban J connectivity index is 1.45. The number of rotatable bonds is 2. The normalized spacial score (nSPS) is 13.1. The summed E-state index contributed by atoms with van der Waals surface area (Å²) in [4.78, 5) is 0. The maximum Gasteiger partial charge on any atom is 0.0361 e. The molecule has 37 heavy (non-hydrogen) atoms. The summed E-state index contributed by atoms with van der Waals surface area (Å²) in [6.45, 7) is 0. The van der Waals surface area contributed by atoms with Gasteiger partial charge >= 0.3 is 0 Å². The Bertz CT molecular complexity index is 1980. The third-order valence-corrected chi connectivity index (χ3v) is 9.04. The molecule has 0 spiro atoms. The van der Waals surface area contributed by atoms with Gasteiger partial charge in [0.05, 0.1) is 0 Å². The first-order chi connectivity index (χ1) is 18.3. The molecule has 1 heterocycles. The molecule has 0 N–H and O–H groups in total. The highest BCUT2D eigenvalue weighted by Gasteiger charge is 2.18. The maximum atomic E-state index is 2.40. The fourth-order valence-electron chi connectivity index (χ4n) is 6.21. The van der Waals surface area contributed by atoms with E-state index >= 15 is 0 Å². The second-order valence-electron chi connectivity index (χ2n) is 10.0. The zero-order valence-corrected chi connectivity index (χ0v) is 21.2. The van der Waals surface area contributed by atoms with Gasteiger partial charge in [0.1, 0.15) is 0 Å². The smallest absolute Gasteiger partial charge is 0.0361 e. The van der Waals surface area contributed by atoms with Crippen molar-refractivity contribution >= 4 is 59.1 Å². The van der Waals surface area contributed by atoms with Gasteiger partial charge < -0.3 is 0 Å². The maximum absolute atomic E-state index is 2.40. The number of hydrogen-bond donors (Lipinski definition) is 0. The van der Waals surface area contributed by atoms with E-state index in [1.165, 1.54) is 75.1 Å². The van der Waals surface area contributed by atoms with E-state index in [1.807, 2.05) is 11.3 Å². The van der Waals surface area contributed by atoms with Crippen molar-refractivity contribution in [2.75, 3.05) is 0 Å². The van der Waals surface area contributed by atoms with Crippen LogP contribution < -0.4 is 0 Å². The topological polar surface area (TPSA) is 0 Å². The van der Waals surface area contributed by atoms with Crippen LogP contribution >= 0.6 is 11.3 Å². The predicted molar refractivity (Wildman–Crippen MR) is 163 cm³/mol. The van der Waals surface area contributed by atoms with Crippen molar-refractivity contribution in [3.8, 4) is 22.3 Å². The van der Waals surface area contributed by atoms with Crippen molar-refractivity contribution in [1.29, 1.82) is 0 Å². The average molecular weight is 489 g/mol. The van der Waals surface area contributed by atoms with Gasteiger partial charge in [0, 0.05) is 20.2 Å². The SMILES string of the molecule is C1=Cc2cc(-c3c4ccccc4c(-c4ccc5c(c4)sc4ccccc45)c4ccccc34)ccc2CC1. The van der Waals surface area contributed by atoms with Gasteiger partial charge in [-0.1, -0.05) is 103 Å². The van der Waals surface area contributed by atoms with Gasteiger partial charge in [-0.3, -0.25) is 0 Å². The summed E-state index contributed by atoms with van der Waals surface area (Å²) in [7, 11) is 0. The standard InChI is InChI=1S/C36H24S/c1-2-10-24-21-25(18-17-23(24)9-1)35-29-12-3-5-14-31(29)36(32-15-6-4-13-30(32)35)26-19-20-28-27-11-7-8-16-33(27)37-34(28)22-26/h2-8,10-22H,1,9H2. The lowest BCUT2D eigenvalue weighted by molar-refractivity contribution is 0.986. The molecule has 7 aromatic rings. The Hall–Kier alpha value is -4.20. The van der Waals surface area contributed by atoms with Crippen molar-refractivity contribution in [1.82, 2.24) is 0 Å². The highest BCUT2D eigenvalue weighted by atomic mass is 32.1. The fraction of sp³-hybridized carbons (Fsp3) is 0.0556. The van der Waals surface area contributed by atoms with Crippen LogP contribution in [0.5, 0.6) is 0 Å². The van der Waals surface area contributed by atoms with Crippen LogP contribution in [0.2, 0.25) is 0 Å². The van der Waals surface area contributed by atoms with Crippen molar-refractivity contribution in [2.24, 2.45) is 0 Å². The highest BCUT2D eigenvalue weighted by Crippen LogP contribution is 2.45. The third kappa shape index (κ3) is 3.21. The van der Waals surface area contributed by atoms with Crippen molar-refractivity contribution < 1.29 is 0 Å². The van der Waals surface area contributed by atoms with Gasteiger partial charge in [-0.2, -0.15) is 0 Å². The molecule has 0 nitrogen and oxygen atoms in total. The van der Waals surface area contributed by atoms with E-state index in [2.05, 4.69) is 121 Å². The van der Waals surface area contributed by atoms with Gasteiger partial charge in [0.25, 0.3) is 0 Å². The molecule has 1 aliphatic rings. The van der Waals surface area contributed by atoms with Gasteiger partial charge in [0.15, 0.2) is 0 Å². The van der Waals surface area contributed by atoms with Crippen molar-refractivity contribution in [3.63, 3.8) is 0 Å². The van der Waals surface area contributed by atoms with Gasteiger partial charge in [0.2, 0.25) is 0 Å². The molecule has 0 radical (unpaired) electrons. The molecule has 1 aliphatic carbocycles. The number of fused-ring (bicyclic) bond motifs is 6. The molecule has 0 amide bonds. The summed E-state index contributed by atoms with van der Waals surface area (Å²) in [5.41, 5.74) is 8.05. The van der Waals surface area contributed by atoms with E-state index in [1.54, 1.807) is 0 Å². The van der Waals surface area contributed by atoms with E-state index in [4.69, 9.17) is 0 Å². The molecule has 0 saturated heterocycles. The van der Waals surface area contributed by atoms with Crippen LogP contribution in [0.15, 0.2) is 115 Å². The van der Waals surface area contributed by atoms with Crippen LogP contribution in [-0.4, -0.2) is 0 Å². The molecule has 0 fully saturated rings.